The molecule has 4 heteroatoms. The summed E-state index contributed by atoms with van der Waals surface area (Å²) in [6.45, 7) is 1.41. The van der Waals surface area contributed by atoms with E-state index in [-0.39, 0.29) is 11.7 Å². The number of benzene rings is 2. The molecule has 0 aliphatic rings. The number of nitrogens with one attached hydrogen (secondary N) is 1. The number of amides is 1. The fourth-order valence-electron chi connectivity index (χ4n) is 1.70. The maximum atomic E-state index is 13.1. The van der Waals surface area contributed by atoms with Crippen LogP contribution in [0.25, 0.3) is 0 Å². The first-order valence-corrected chi connectivity index (χ1v) is 5.74. The molecule has 1 N–H and O–H groups in total. The van der Waals surface area contributed by atoms with Gasteiger partial charge in [0.15, 0.2) is 5.78 Å². The number of anilines is 1. The standard InChI is InChI=1S/C15H12FNO2/c1-10(18)17-14-7-5-11(6-8-14)15(19)12-3-2-4-13(16)9-12/h2-9H,1H3,(H,17,18). The quantitative estimate of drug-likeness (QED) is 0.859. The van der Waals surface area contributed by atoms with Gasteiger partial charge >= 0.3 is 0 Å². The summed E-state index contributed by atoms with van der Waals surface area (Å²) < 4.78 is 13.1. The van der Waals surface area contributed by atoms with Crippen molar-refractivity contribution in [3.63, 3.8) is 0 Å². The summed E-state index contributed by atoms with van der Waals surface area (Å²) in [7, 11) is 0. The van der Waals surface area contributed by atoms with Crippen molar-refractivity contribution >= 4 is 17.4 Å². The van der Waals surface area contributed by atoms with E-state index in [1.54, 1.807) is 30.3 Å². The van der Waals surface area contributed by atoms with Crippen molar-refractivity contribution in [3.8, 4) is 0 Å². The van der Waals surface area contributed by atoms with E-state index >= 15 is 0 Å². The molecule has 3 nitrogen and oxygen atoms in total. The highest BCUT2D eigenvalue weighted by Gasteiger charge is 2.09. The Hall–Kier alpha value is -2.49. The van der Waals surface area contributed by atoms with Crippen LogP contribution in [0, 0.1) is 5.82 Å². The van der Waals surface area contributed by atoms with Gasteiger partial charge in [0, 0.05) is 23.7 Å². The molecule has 0 spiro atoms. The molecule has 0 bridgehead atoms. The normalized spacial score (nSPS) is 10.0. The number of hydrogen-bond donors (Lipinski definition) is 1. The minimum absolute atomic E-state index is 0.177. The Morgan fingerprint density at radius 3 is 2.26 bits per heavy atom. The third kappa shape index (κ3) is 3.25. The summed E-state index contributed by atoms with van der Waals surface area (Å²) in [6, 6.07) is 12.0. The van der Waals surface area contributed by atoms with Gasteiger partial charge in [-0.3, -0.25) is 9.59 Å². The van der Waals surface area contributed by atoms with Crippen molar-refractivity contribution in [1.29, 1.82) is 0 Å². The first kappa shape index (κ1) is 13.0. The molecule has 0 saturated carbocycles. The molecule has 0 aromatic heterocycles. The molecule has 0 saturated heterocycles. The van der Waals surface area contributed by atoms with Gasteiger partial charge < -0.3 is 5.32 Å². The molecule has 0 fully saturated rings. The van der Waals surface area contributed by atoms with Gasteiger partial charge in [-0.2, -0.15) is 0 Å². The third-order valence-corrected chi connectivity index (χ3v) is 2.55. The van der Waals surface area contributed by atoms with E-state index in [1.807, 2.05) is 0 Å². The van der Waals surface area contributed by atoms with Crippen molar-refractivity contribution in [1.82, 2.24) is 0 Å². The van der Waals surface area contributed by atoms with Gasteiger partial charge in [0.2, 0.25) is 5.91 Å². The predicted octanol–water partition coefficient (Wildman–Crippen LogP) is 3.02. The van der Waals surface area contributed by atoms with E-state index in [2.05, 4.69) is 5.32 Å². The minimum Gasteiger partial charge on any atom is -0.326 e. The summed E-state index contributed by atoms with van der Waals surface area (Å²) in [5.41, 5.74) is 1.36. The summed E-state index contributed by atoms with van der Waals surface area (Å²) in [6.07, 6.45) is 0. The lowest BCUT2D eigenvalue weighted by atomic mass is 10.0. The van der Waals surface area contributed by atoms with E-state index in [0.717, 1.165) is 0 Å². The van der Waals surface area contributed by atoms with Crippen molar-refractivity contribution in [2.45, 2.75) is 6.92 Å². The molecular formula is C15H12FNO2. The summed E-state index contributed by atoms with van der Waals surface area (Å²) in [5.74, 6) is -0.876. The van der Waals surface area contributed by atoms with Crippen LogP contribution in [0.3, 0.4) is 0 Å². The molecule has 0 atom stereocenters. The Morgan fingerprint density at radius 2 is 1.68 bits per heavy atom. The third-order valence-electron chi connectivity index (χ3n) is 2.55. The van der Waals surface area contributed by atoms with Crippen molar-refractivity contribution < 1.29 is 14.0 Å². The smallest absolute Gasteiger partial charge is 0.221 e. The summed E-state index contributed by atoms with van der Waals surface area (Å²) in [4.78, 5) is 22.9. The van der Waals surface area contributed by atoms with Crippen LogP contribution in [0.4, 0.5) is 10.1 Å². The van der Waals surface area contributed by atoms with Gasteiger partial charge in [-0.1, -0.05) is 12.1 Å². The zero-order valence-electron chi connectivity index (χ0n) is 10.3. The summed E-state index contributed by atoms with van der Waals surface area (Å²) >= 11 is 0. The lowest BCUT2D eigenvalue weighted by Gasteiger charge is -2.04. The van der Waals surface area contributed by atoms with Gasteiger partial charge in [-0.15, -0.1) is 0 Å². The highest BCUT2D eigenvalue weighted by Crippen LogP contribution is 2.14. The number of ketones is 1. The molecule has 2 rings (SSSR count). The highest BCUT2D eigenvalue weighted by molar-refractivity contribution is 6.09. The van der Waals surface area contributed by atoms with E-state index in [1.165, 1.54) is 25.1 Å². The van der Waals surface area contributed by atoms with E-state index in [4.69, 9.17) is 0 Å². The molecule has 0 heterocycles. The summed E-state index contributed by atoms with van der Waals surface area (Å²) in [5, 5.41) is 2.61. The molecule has 0 aliphatic carbocycles. The molecular weight excluding hydrogens is 245 g/mol. The maximum Gasteiger partial charge on any atom is 0.221 e. The molecule has 1 amide bonds. The maximum absolute atomic E-state index is 13.1. The van der Waals surface area contributed by atoms with E-state index < -0.39 is 5.82 Å². The monoisotopic (exact) mass is 257 g/mol. The van der Waals surface area contributed by atoms with Crippen molar-refractivity contribution in [3.05, 3.63) is 65.5 Å². The van der Waals surface area contributed by atoms with E-state index in [9.17, 15) is 14.0 Å². The second-order valence-corrected chi connectivity index (χ2v) is 4.10. The Bertz CT molecular complexity index is 620. The van der Waals surface area contributed by atoms with Crippen LogP contribution < -0.4 is 5.32 Å². The van der Waals surface area contributed by atoms with Gasteiger partial charge in [0.05, 0.1) is 0 Å². The van der Waals surface area contributed by atoms with Crippen molar-refractivity contribution in [2.75, 3.05) is 5.32 Å². The van der Waals surface area contributed by atoms with Gasteiger partial charge in [-0.25, -0.2) is 4.39 Å². The Morgan fingerprint density at radius 1 is 1.00 bits per heavy atom. The fraction of sp³-hybridized carbons (Fsp3) is 0.0667. The van der Waals surface area contributed by atoms with Crippen LogP contribution in [0.2, 0.25) is 0 Å². The predicted molar refractivity (Wildman–Crippen MR) is 70.6 cm³/mol. The van der Waals surface area contributed by atoms with Crippen LogP contribution in [-0.4, -0.2) is 11.7 Å². The largest absolute Gasteiger partial charge is 0.326 e. The lowest BCUT2D eigenvalue weighted by molar-refractivity contribution is -0.114. The van der Waals surface area contributed by atoms with Crippen LogP contribution >= 0.6 is 0 Å². The molecule has 0 unspecified atom stereocenters. The Balaban J connectivity index is 2.22. The van der Waals surface area contributed by atoms with Gasteiger partial charge in [0.1, 0.15) is 5.82 Å². The zero-order valence-corrected chi connectivity index (χ0v) is 10.3. The van der Waals surface area contributed by atoms with Crippen LogP contribution in [0.1, 0.15) is 22.8 Å². The average Bonchev–Trinajstić information content (AvgIpc) is 2.38. The van der Waals surface area contributed by atoms with Crippen LogP contribution in [0.5, 0.6) is 0 Å². The van der Waals surface area contributed by atoms with Crippen LogP contribution in [0.15, 0.2) is 48.5 Å². The Kier molecular flexibility index (Phi) is 3.71. The SMILES string of the molecule is CC(=O)Nc1ccc(C(=O)c2cccc(F)c2)cc1. The topological polar surface area (TPSA) is 46.2 Å². The zero-order chi connectivity index (χ0) is 13.8. The molecule has 96 valence electrons. The first-order chi connectivity index (χ1) is 9.06. The Labute approximate surface area is 110 Å². The highest BCUT2D eigenvalue weighted by atomic mass is 19.1. The number of halogens is 1. The minimum atomic E-state index is -0.444. The number of hydrogen-bond acceptors (Lipinski definition) is 2. The van der Waals surface area contributed by atoms with Gasteiger partial charge in [-0.05, 0) is 36.4 Å². The van der Waals surface area contributed by atoms with Crippen LogP contribution in [-0.2, 0) is 4.79 Å². The molecule has 2 aromatic rings. The molecule has 0 radical (unpaired) electrons. The van der Waals surface area contributed by atoms with Crippen molar-refractivity contribution in [2.24, 2.45) is 0 Å². The fourth-order valence-corrected chi connectivity index (χ4v) is 1.70. The van der Waals surface area contributed by atoms with E-state index in [0.29, 0.717) is 16.8 Å². The number of rotatable bonds is 3. The molecule has 19 heavy (non-hydrogen) atoms. The number of carbonyl (C=O) groups is 2. The lowest BCUT2D eigenvalue weighted by Crippen LogP contribution is -2.06. The average molecular weight is 257 g/mol. The molecule has 2 aromatic carbocycles. The van der Waals surface area contributed by atoms with Gasteiger partial charge in [0.25, 0.3) is 0 Å². The molecule has 0 aliphatic heterocycles. The number of carbonyl (C=O) groups excluding carboxylic acids is 2. The second kappa shape index (κ2) is 5.44. The first-order valence-electron chi connectivity index (χ1n) is 5.74. The second-order valence-electron chi connectivity index (χ2n) is 4.10.